The number of hydrogen-bond acceptors (Lipinski definition) is 4. The van der Waals surface area contributed by atoms with E-state index in [9.17, 15) is 14.4 Å². The van der Waals surface area contributed by atoms with Crippen molar-refractivity contribution in [2.24, 2.45) is 5.73 Å². The van der Waals surface area contributed by atoms with Crippen LogP contribution in [0.5, 0.6) is 5.75 Å². The fraction of sp³-hybridized carbons (Fsp3) is 0.118. The van der Waals surface area contributed by atoms with Gasteiger partial charge in [0.2, 0.25) is 0 Å². The van der Waals surface area contributed by atoms with E-state index in [1.807, 2.05) is 0 Å². The molecule has 0 aromatic heterocycles. The number of nitrogens with one attached hydrogen (secondary N) is 2. The summed E-state index contributed by atoms with van der Waals surface area (Å²) in [6.45, 7) is 1.64. The highest BCUT2D eigenvalue weighted by Gasteiger charge is 2.24. The minimum Gasteiger partial charge on any atom is -0.479 e. The molecule has 1 unspecified atom stereocenters. The molecular formula is C17H15N3O4. The summed E-state index contributed by atoms with van der Waals surface area (Å²) in [5, 5.41) is 5.32. The van der Waals surface area contributed by atoms with E-state index in [-0.39, 0.29) is 11.5 Å². The molecule has 0 aliphatic carbocycles. The summed E-state index contributed by atoms with van der Waals surface area (Å²) in [5.74, 6) is -0.847. The number of para-hydroxylation sites is 1. The average Bonchev–Trinajstić information content (AvgIpc) is 2.55. The van der Waals surface area contributed by atoms with Gasteiger partial charge >= 0.3 is 0 Å². The third-order valence-corrected chi connectivity index (χ3v) is 3.61. The van der Waals surface area contributed by atoms with Crippen molar-refractivity contribution in [1.29, 1.82) is 0 Å². The van der Waals surface area contributed by atoms with E-state index in [0.717, 1.165) is 0 Å². The highest BCUT2D eigenvalue weighted by molar-refractivity contribution is 6.09. The smallest absolute Gasteiger partial charge is 0.265 e. The van der Waals surface area contributed by atoms with Crippen molar-refractivity contribution in [3.05, 3.63) is 53.6 Å². The van der Waals surface area contributed by atoms with Crippen molar-refractivity contribution in [2.75, 3.05) is 10.6 Å². The number of hydrogen-bond donors (Lipinski definition) is 3. The van der Waals surface area contributed by atoms with Crippen molar-refractivity contribution in [3.8, 4) is 5.75 Å². The topological polar surface area (TPSA) is 111 Å². The van der Waals surface area contributed by atoms with Crippen LogP contribution in [0.1, 0.15) is 27.6 Å². The molecule has 0 fully saturated rings. The molecule has 0 spiro atoms. The molecule has 7 nitrogen and oxygen atoms in total. The molecule has 122 valence electrons. The number of rotatable bonds is 3. The van der Waals surface area contributed by atoms with Gasteiger partial charge in [0.1, 0.15) is 5.75 Å². The fourth-order valence-electron chi connectivity index (χ4n) is 2.35. The van der Waals surface area contributed by atoms with Gasteiger partial charge in [-0.2, -0.15) is 0 Å². The van der Waals surface area contributed by atoms with E-state index in [1.54, 1.807) is 37.3 Å². The summed E-state index contributed by atoms with van der Waals surface area (Å²) in [6, 6.07) is 11.2. The minimum atomic E-state index is -0.633. The third-order valence-electron chi connectivity index (χ3n) is 3.61. The second-order valence-electron chi connectivity index (χ2n) is 5.32. The maximum atomic E-state index is 12.4. The van der Waals surface area contributed by atoms with Crippen molar-refractivity contribution >= 4 is 29.1 Å². The first-order valence-corrected chi connectivity index (χ1v) is 7.27. The van der Waals surface area contributed by atoms with Gasteiger partial charge in [-0.3, -0.25) is 14.4 Å². The Morgan fingerprint density at radius 1 is 1.21 bits per heavy atom. The van der Waals surface area contributed by atoms with Crippen LogP contribution in [0.4, 0.5) is 11.4 Å². The lowest BCUT2D eigenvalue weighted by Gasteiger charge is -2.23. The molecule has 0 saturated heterocycles. The first kappa shape index (κ1) is 15.5. The van der Waals surface area contributed by atoms with Gasteiger partial charge in [-0.25, -0.2) is 0 Å². The predicted octanol–water partition coefficient (Wildman–Crippen LogP) is 1.76. The molecule has 0 saturated carbocycles. The molecule has 2 aromatic carbocycles. The largest absolute Gasteiger partial charge is 0.479 e. The van der Waals surface area contributed by atoms with Crippen molar-refractivity contribution in [3.63, 3.8) is 0 Å². The van der Waals surface area contributed by atoms with Crippen molar-refractivity contribution in [2.45, 2.75) is 13.0 Å². The zero-order chi connectivity index (χ0) is 17.3. The number of benzene rings is 2. The lowest BCUT2D eigenvalue weighted by atomic mass is 10.1. The van der Waals surface area contributed by atoms with Crippen LogP contribution in [0.25, 0.3) is 0 Å². The number of primary amides is 1. The van der Waals surface area contributed by atoms with E-state index in [4.69, 9.17) is 10.5 Å². The van der Waals surface area contributed by atoms with Gasteiger partial charge in [0.05, 0.1) is 16.9 Å². The van der Waals surface area contributed by atoms with Crippen molar-refractivity contribution < 1.29 is 19.1 Å². The molecule has 3 amide bonds. The second-order valence-corrected chi connectivity index (χ2v) is 5.32. The van der Waals surface area contributed by atoms with Gasteiger partial charge in [-0.1, -0.05) is 12.1 Å². The number of anilines is 2. The summed E-state index contributed by atoms with van der Waals surface area (Å²) in [7, 11) is 0. The number of fused-ring (bicyclic) bond motifs is 1. The minimum absolute atomic E-state index is 0.217. The van der Waals surface area contributed by atoms with E-state index in [0.29, 0.717) is 22.7 Å². The summed E-state index contributed by atoms with van der Waals surface area (Å²) >= 11 is 0. The Bertz CT molecular complexity index is 847. The Morgan fingerprint density at radius 3 is 2.71 bits per heavy atom. The first-order valence-electron chi connectivity index (χ1n) is 7.27. The van der Waals surface area contributed by atoms with Gasteiger partial charge < -0.3 is 21.1 Å². The maximum Gasteiger partial charge on any atom is 0.265 e. The lowest BCUT2D eigenvalue weighted by Crippen LogP contribution is -2.34. The summed E-state index contributed by atoms with van der Waals surface area (Å²) in [5.41, 5.74) is 6.57. The van der Waals surface area contributed by atoms with Crippen LogP contribution in [0.2, 0.25) is 0 Å². The van der Waals surface area contributed by atoms with E-state index < -0.39 is 17.9 Å². The van der Waals surface area contributed by atoms with E-state index >= 15 is 0 Å². The molecule has 0 radical (unpaired) electrons. The number of carbonyl (C=O) groups excluding carboxylic acids is 3. The fourth-order valence-corrected chi connectivity index (χ4v) is 2.35. The van der Waals surface area contributed by atoms with Crippen LogP contribution in [-0.2, 0) is 4.79 Å². The zero-order valence-corrected chi connectivity index (χ0v) is 12.8. The van der Waals surface area contributed by atoms with Gasteiger partial charge in [0.15, 0.2) is 6.10 Å². The highest BCUT2D eigenvalue weighted by atomic mass is 16.5. The molecule has 1 aliphatic rings. The molecule has 2 aromatic rings. The Morgan fingerprint density at radius 2 is 1.96 bits per heavy atom. The van der Waals surface area contributed by atoms with Crippen LogP contribution in [0.15, 0.2) is 42.5 Å². The number of ether oxygens (including phenoxy) is 1. The molecule has 7 heteroatoms. The van der Waals surface area contributed by atoms with Crippen LogP contribution in [-0.4, -0.2) is 23.8 Å². The molecule has 3 rings (SSSR count). The van der Waals surface area contributed by atoms with E-state index in [2.05, 4.69) is 10.6 Å². The van der Waals surface area contributed by atoms with Gasteiger partial charge in [0, 0.05) is 5.56 Å². The van der Waals surface area contributed by atoms with Gasteiger partial charge in [-0.15, -0.1) is 0 Å². The first-order chi connectivity index (χ1) is 11.5. The molecule has 4 N–H and O–H groups in total. The van der Waals surface area contributed by atoms with Crippen LogP contribution in [0, 0.1) is 0 Å². The maximum absolute atomic E-state index is 12.4. The molecule has 1 aliphatic heterocycles. The monoisotopic (exact) mass is 325 g/mol. The molecule has 1 atom stereocenters. The summed E-state index contributed by atoms with van der Waals surface area (Å²) in [6.07, 6.45) is -0.584. The molecule has 1 heterocycles. The standard InChI is InChI=1S/C17H15N3O4/c1-9-16(22)20-13-8-10(6-7-14(13)24-9)17(23)19-12-5-3-2-4-11(12)15(18)21/h2-9H,1H3,(H2,18,21)(H,19,23)(H,20,22). The molecular weight excluding hydrogens is 310 g/mol. The number of nitrogens with two attached hydrogens (primary N) is 1. The predicted molar refractivity (Wildman–Crippen MR) is 88.1 cm³/mol. The third kappa shape index (κ3) is 2.91. The number of amides is 3. The van der Waals surface area contributed by atoms with Gasteiger partial charge in [-0.05, 0) is 37.3 Å². The molecule has 0 bridgehead atoms. The Balaban J connectivity index is 1.86. The summed E-state index contributed by atoms with van der Waals surface area (Å²) < 4.78 is 5.44. The summed E-state index contributed by atoms with van der Waals surface area (Å²) in [4.78, 5) is 35.5. The Hall–Kier alpha value is -3.35. The lowest BCUT2D eigenvalue weighted by molar-refractivity contribution is -0.122. The van der Waals surface area contributed by atoms with E-state index in [1.165, 1.54) is 12.1 Å². The number of carbonyl (C=O) groups is 3. The Labute approximate surface area is 137 Å². The van der Waals surface area contributed by atoms with Crippen LogP contribution < -0.4 is 21.1 Å². The average molecular weight is 325 g/mol. The van der Waals surface area contributed by atoms with Crippen LogP contribution >= 0.6 is 0 Å². The highest BCUT2D eigenvalue weighted by Crippen LogP contribution is 2.30. The second kappa shape index (κ2) is 6.04. The van der Waals surface area contributed by atoms with Crippen molar-refractivity contribution in [1.82, 2.24) is 0 Å². The zero-order valence-electron chi connectivity index (χ0n) is 12.8. The van der Waals surface area contributed by atoms with Gasteiger partial charge in [0.25, 0.3) is 17.7 Å². The van der Waals surface area contributed by atoms with Crippen LogP contribution in [0.3, 0.4) is 0 Å². The Kier molecular flexibility index (Phi) is 3.91. The SMILES string of the molecule is CC1Oc2ccc(C(=O)Nc3ccccc3C(N)=O)cc2NC1=O. The normalized spacial score (nSPS) is 15.7. The molecule has 24 heavy (non-hydrogen) atoms. The quantitative estimate of drug-likeness (QED) is 0.798.